The van der Waals surface area contributed by atoms with Crippen molar-refractivity contribution >= 4 is 0 Å². The van der Waals surface area contributed by atoms with Crippen LogP contribution in [0, 0.1) is 5.92 Å². The second-order valence-corrected chi connectivity index (χ2v) is 10.8. The third-order valence-corrected chi connectivity index (χ3v) is 8.37. The molecule has 0 spiro atoms. The van der Waals surface area contributed by atoms with Crippen LogP contribution in [0.1, 0.15) is 46.9 Å². The highest BCUT2D eigenvalue weighted by Gasteiger charge is 2.77. The van der Waals surface area contributed by atoms with Crippen molar-refractivity contribution in [2.24, 2.45) is 5.92 Å². The maximum absolute atomic E-state index is 12.9. The minimum absolute atomic E-state index is 0.185. The van der Waals surface area contributed by atoms with E-state index in [2.05, 4.69) is 41.4 Å². The molecule has 2 saturated carbocycles. The van der Waals surface area contributed by atoms with Crippen molar-refractivity contribution in [3.05, 3.63) is 82.9 Å². The first-order valence-corrected chi connectivity index (χ1v) is 12.9. The molecule has 2 N–H and O–H groups in total. The molecule has 0 amide bonds. The molecular formula is C30H34N2O5. The smallest absolute Gasteiger partial charge is 0.226 e. The molecule has 5 atom stereocenters. The predicted molar refractivity (Wildman–Crippen MR) is 139 cm³/mol. The summed E-state index contributed by atoms with van der Waals surface area (Å²) in [6.07, 6.45) is 1.25. The average Bonchev–Trinajstić information content (AvgIpc) is 3.70. The molecule has 3 aromatic rings. The van der Waals surface area contributed by atoms with Crippen molar-refractivity contribution in [2.75, 3.05) is 34.9 Å². The zero-order chi connectivity index (χ0) is 25.9. The fraction of sp³-hybridized carbons (Fsp3) is 0.433. The average molecular weight is 503 g/mol. The van der Waals surface area contributed by atoms with E-state index in [1.807, 2.05) is 37.2 Å². The van der Waals surface area contributed by atoms with Crippen LogP contribution in [0.25, 0.3) is 0 Å². The molecule has 0 unspecified atom stereocenters. The molecule has 2 aromatic carbocycles. The van der Waals surface area contributed by atoms with E-state index in [0.717, 1.165) is 11.1 Å². The Balaban J connectivity index is 1.65. The zero-order valence-electron chi connectivity index (χ0n) is 21.7. The number of fused-ring (bicyclic) bond motifs is 3. The van der Waals surface area contributed by atoms with Gasteiger partial charge in [-0.25, -0.2) is 0 Å². The van der Waals surface area contributed by atoms with Crippen LogP contribution >= 0.6 is 0 Å². The van der Waals surface area contributed by atoms with Gasteiger partial charge in [0, 0.05) is 24.4 Å². The molecule has 1 aliphatic heterocycles. The molecule has 3 aliphatic rings. The Kier molecular flexibility index (Phi) is 5.71. The quantitative estimate of drug-likeness (QED) is 0.509. The van der Waals surface area contributed by atoms with Crippen LogP contribution in [-0.4, -0.2) is 61.1 Å². The van der Waals surface area contributed by atoms with Gasteiger partial charge in [-0.15, -0.1) is 0 Å². The molecule has 6 rings (SSSR count). The Hall–Kier alpha value is -3.13. The Labute approximate surface area is 217 Å². The van der Waals surface area contributed by atoms with Gasteiger partial charge in [-0.3, -0.25) is 0 Å². The number of aliphatic hydroxyl groups is 2. The third kappa shape index (κ3) is 3.41. The fourth-order valence-corrected chi connectivity index (χ4v) is 6.71. The molecule has 7 heteroatoms. The second-order valence-electron chi connectivity index (χ2n) is 10.8. The van der Waals surface area contributed by atoms with Crippen LogP contribution in [-0.2, 0) is 11.2 Å². The first-order valence-electron chi connectivity index (χ1n) is 12.9. The Morgan fingerprint density at radius 1 is 1.00 bits per heavy atom. The summed E-state index contributed by atoms with van der Waals surface area (Å²) in [4.78, 5) is 6.51. The van der Waals surface area contributed by atoms with E-state index < -0.39 is 17.3 Å². The molecular weight excluding hydrogens is 468 g/mol. The van der Waals surface area contributed by atoms with Crippen LogP contribution in [0.5, 0.6) is 17.5 Å². The van der Waals surface area contributed by atoms with Crippen molar-refractivity contribution in [1.29, 1.82) is 0 Å². The highest BCUT2D eigenvalue weighted by Crippen LogP contribution is 2.70. The maximum atomic E-state index is 12.9. The Morgan fingerprint density at radius 3 is 2.30 bits per heavy atom. The Bertz CT molecular complexity index is 1290. The topological polar surface area (TPSA) is 84.3 Å². The molecule has 0 bridgehead atoms. The summed E-state index contributed by atoms with van der Waals surface area (Å²) in [6.45, 7) is 0.551. The van der Waals surface area contributed by atoms with Crippen LogP contribution in [0.15, 0.2) is 60.7 Å². The van der Waals surface area contributed by atoms with E-state index in [9.17, 15) is 10.2 Å². The zero-order valence-corrected chi connectivity index (χ0v) is 21.7. The van der Waals surface area contributed by atoms with Crippen LogP contribution in [0.3, 0.4) is 0 Å². The first kappa shape index (κ1) is 24.2. The first-order chi connectivity index (χ1) is 17.8. The minimum Gasteiger partial charge on any atom is -0.481 e. The summed E-state index contributed by atoms with van der Waals surface area (Å²) < 4.78 is 18.0. The molecule has 194 valence electrons. The molecule has 2 heterocycles. The fourth-order valence-electron chi connectivity index (χ4n) is 6.71. The van der Waals surface area contributed by atoms with Gasteiger partial charge in [-0.05, 0) is 49.5 Å². The van der Waals surface area contributed by atoms with E-state index in [-0.39, 0.29) is 17.7 Å². The lowest BCUT2D eigenvalue weighted by Gasteiger charge is -2.41. The summed E-state index contributed by atoms with van der Waals surface area (Å²) in [5, 5.41) is 25.0. The minimum atomic E-state index is -1.82. The van der Waals surface area contributed by atoms with Crippen LogP contribution in [0.2, 0.25) is 0 Å². The van der Waals surface area contributed by atoms with Gasteiger partial charge in [0.05, 0.1) is 25.9 Å². The summed E-state index contributed by atoms with van der Waals surface area (Å²) in [6, 6.07) is 20.1. The number of pyridine rings is 1. The van der Waals surface area contributed by atoms with Gasteiger partial charge in [0.1, 0.15) is 5.75 Å². The van der Waals surface area contributed by atoms with E-state index in [4.69, 9.17) is 14.2 Å². The number of nitrogens with zero attached hydrogens (tertiary/aromatic N) is 2. The number of hydrogen-bond acceptors (Lipinski definition) is 7. The van der Waals surface area contributed by atoms with Gasteiger partial charge in [0.2, 0.25) is 11.8 Å². The van der Waals surface area contributed by atoms with E-state index in [1.165, 1.54) is 32.6 Å². The second kappa shape index (κ2) is 8.72. The summed E-state index contributed by atoms with van der Waals surface area (Å²) in [5.74, 6) is 0.789. The lowest BCUT2D eigenvalue weighted by Crippen LogP contribution is -2.52. The summed E-state index contributed by atoms with van der Waals surface area (Å²) in [5.41, 5.74) is 0.305. The molecule has 0 radical (unpaired) electrons. The van der Waals surface area contributed by atoms with Gasteiger partial charge in [0.15, 0.2) is 11.2 Å². The standard InChI is InChI=1S/C30H34N2O5/c1-32(2)17-22-25(20-8-6-5-7-9-20)30(21-14-12-19(13-15-21)18-10-11-18)29(34,27(22)33)26-23(37-30)16-24(35-3)31-28(26)36-4/h5-9,12-16,18,22,25,27,33-34H,10-11,17H2,1-4H3/t22-,25-,27-,29+,30+/m1/s1. The van der Waals surface area contributed by atoms with Gasteiger partial charge < -0.3 is 29.3 Å². The Morgan fingerprint density at radius 2 is 1.70 bits per heavy atom. The monoisotopic (exact) mass is 502 g/mol. The van der Waals surface area contributed by atoms with Crippen molar-refractivity contribution in [1.82, 2.24) is 9.88 Å². The van der Waals surface area contributed by atoms with Crippen molar-refractivity contribution in [2.45, 2.75) is 42.0 Å². The number of aromatic nitrogens is 1. The molecule has 37 heavy (non-hydrogen) atoms. The van der Waals surface area contributed by atoms with Crippen molar-refractivity contribution < 1.29 is 24.4 Å². The van der Waals surface area contributed by atoms with Crippen molar-refractivity contribution in [3.63, 3.8) is 0 Å². The lowest BCUT2D eigenvalue weighted by atomic mass is 9.70. The van der Waals surface area contributed by atoms with E-state index in [1.54, 1.807) is 6.07 Å². The molecule has 0 saturated heterocycles. The number of ether oxygens (including phenoxy) is 3. The van der Waals surface area contributed by atoms with E-state index >= 15 is 0 Å². The van der Waals surface area contributed by atoms with Gasteiger partial charge in [0.25, 0.3) is 0 Å². The SMILES string of the molecule is COc1cc2c(c(OC)n1)[C@]1(O)[C@H](O)[C@H](CN(C)C)[C@@H](c3ccccc3)[C@]1(c1ccc(C3CC3)cc1)O2. The molecule has 1 aromatic heterocycles. The predicted octanol–water partition coefficient (Wildman–Crippen LogP) is 3.79. The third-order valence-electron chi connectivity index (χ3n) is 8.37. The molecule has 2 fully saturated rings. The number of hydrogen-bond donors (Lipinski definition) is 2. The number of rotatable bonds is 7. The normalized spacial score (nSPS) is 30.1. The summed E-state index contributed by atoms with van der Waals surface area (Å²) >= 11 is 0. The number of aliphatic hydroxyl groups excluding tert-OH is 1. The summed E-state index contributed by atoms with van der Waals surface area (Å²) in [7, 11) is 6.99. The van der Waals surface area contributed by atoms with Crippen LogP contribution in [0.4, 0.5) is 0 Å². The largest absolute Gasteiger partial charge is 0.481 e. The molecule has 7 nitrogen and oxygen atoms in total. The number of methoxy groups -OCH3 is 2. The number of benzene rings is 2. The van der Waals surface area contributed by atoms with Gasteiger partial charge >= 0.3 is 0 Å². The van der Waals surface area contributed by atoms with E-state index in [0.29, 0.717) is 29.7 Å². The van der Waals surface area contributed by atoms with Gasteiger partial charge in [-0.2, -0.15) is 4.98 Å². The van der Waals surface area contributed by atoms with Gasteiger partial charge in [-0.1, -0.05) is 54.6 Å². The van der Waals surface area contributed by atoms with Crippen molar-refractivity contribution in [3.8, 4) is 17.5 Å². The molecule has 2 aliphatic carbocycles. The highest BCUT2D eigenvalue weighted by molar-refractivity contribution is 5.60. The highest BCUT2D eigenvalue weighted by atomic mass is 16.5. The maximum Gasteiger partial charge on any atom is 0.226 e. The van der Waals surface area contributed by atoms with Crippen LogP contribution < -0.4 is 14.2 Å². The lowest BCUT2D eigenvalue weighted by molar-refractivity contribution is -0.152.